The normalized spacial score (nSPS) is 23.6. The van der Waals surface area contributed by atoms with Gasteiger partial charge in [0.2, 0.25) is 6.79 Å². The molecule has 0 saturated carbocycles. The average molecular weight is 286 g/mol. The summed E-state index contributed by atoms with van der Waals surface area (Å²) in [5.41, 5.74) is 2.32. The topological polar surface area (TPSA) is 27.7 Å². The molecule has 0 aromatic heterocycles. The zero-order valence-corrected chi connectivity index (χ0v) is 12.7. The lowest BCUT2D eigenvalue weighted by molar-refractivity contribution is 0.153. The zero-order valence-electron chi connectivity index (χ0n) is 12.7. The van der Waals surface area contributed by atoms with Gasteiger partial charge in [0.05, 0.1) is 5.76 Å². The smallest absolute Gasteiger partial charge is 0.231 e. The second kappa shape index (κ2) is 5.84. The molecular weight excluding hydrogens is 264 g/mol. The predicted octanol–water partition coefficient (Wildman–Crippen LogP) is 4.44. The molecule has 21 heavy (non-hydrogen) atoms. The molecule has 3 rings (SSSR count). The molecule has 1 heterocycles. The minimum atomic E-state index is 0.308. The third-order valence-corrected chi connectivity index (χ3v) is 4.24. The quantitative estimate of drug-likeness (QED) is 0.766. The van der Waals surface area contributed by atoms with E-state index in [1.165, 1.54) is 12.0 Å². The Kier molecular flexibility index (Phi) is 3.91. The van der Waals surface area contributed by atoms with Gasteiger partial charge in [0.1, 0.15) is 6.61 Å². The minimum absolute atomic E-state index is 0.308. The first-order chi connectivity index (χ1) is 10.1. The first kappa shape index (κ1) is 14.1. The maximum Gasteiger partial charge on any atom is 0.231 e. The van der Waals surface area contributed by atoms with E-state index in [0.717, 1.165) is 29.2 Å². The van der Waals surface area contributed by atoms with Gasteiger partial charge in [-0.05, 0) is 43.5 Å². The van der Waals surface area contributed by atoms with Gasteiger partial charge in [-0.3, -0.25) is 0 Å². The molecule has 1 aliphatic heterocycles. The Balaban J connectivity index is 1.67. The molecule has 0 bridgehead atoms. The molecule has 1 aromatic carbocycles. The molecule has 0 radical (unpaired) electrons. The average Bonchev–Trinajstić information content (AvgIpc) is 2.93. The van der Waals surface area contributed by atoms with Crippen LogP contribution in [0.3, 0.4) is 0 Å². The monoisotopic (exact) mass is 286 g/mol. The van der Waals surface area contributed by atoms with E-state index < -0.39 is 0 Å². The number of fused-ring (bicyclic) bond motifs is 1. The van der Waals surface area contributed by atoms with Gasteiger partial charge in [0, 0.05) is 11.8 Å². The van der Waals surface area contributed by atoms with Crippen molar-refractivity contribution in [1.82, 2.24) is 0 Å². The molecule has 2 atom stereocenters. The number of allylic oxidation sites excluding steroid dienone is 3. The van der Waals surface area contributed by atoms with Crippen molar-refractivity contribution in [3.63, 3.8) is 0 Å². The molecule has 0 fully saturated rings. The maximum atomic E-state index is 6.05. The largest absolute Gasteiger partial charge is 0.493 e. The third kappa shape index (κ3) is 3.07. The van der Waals surface area contributed by atoms with Crippen molar-refractivity contribution in [3.8, 4) is 11.5 Å². The van der Waals surface area contributed by atoms with Crippen LogP contribution in [0.4, 0.5) is 0 Å². The van der Waals surface area contributed by atoms with Crippen LogP contribution in [0.1, 0.15) is 32.3 Å². The predicted molar refractivity (Wildman–Crippen MR) is 82.1 cm³/mol. The van der Waals surface area contributed by atoms with Crippen LogP contribution >= 0.6 is 0 Å². The van der Waals surface area contributed by atoms with Crippen LogP contribution in [0.5, 0.6) is 11.5 Å². The van der Waals surface area contributed by atoms with Gasteiger partial charge in [0.25, 0.3) is 0 Å². The fourth-order valence-electron chi connectivity index (χ4n) is 2.79. The summed E-state index contributed by atoms with van der Waals surface area (Å²) in [5, 5.41) is 0. The van der Waals surface area contributed by atoms with Crippen molar-refractivity contribution in [2.24, 2.45) is 11.8 Å². The van der Waals surface area contributed by atoms with Crippen LogP contribution in [0.2, 0.25) is 0 Å². The number of benzene rings is 1. The van der Waals surface area contributed by atoms with E-state index in [4.69, 9.17) is 14.2 Å². The summed E-state index contributed by atoms with van der Waals surface area (Å²) in [6, 6.07) is 5.96. The number of ether oxygens (including phenoxy) is 3. The van der Waals surface area contributed by atoms with E-state index in [9.17, 15) is 0 Å². The Morgan fingerprint density at radius 2 is 2.10 bits per heavy atom. The van der Waals surface area contributed by atoms with Gasteiger partial charge >= 0.3 is 0 Å². The highest BCUT2D eigenvalue weighted by Crippen LogP contribution is 2.35. The van der Waals surface area contributed by atoms with Crippen LogP contribution in [-0.4, -0.2) is 6.79 Å². The Bertz CT molecular complexity index is 574. The molecular formula is C18H22O3. The molecule has 0 N–H and O–H groups in total. The van der Waals surface area contributed by atoms with Crippen molar-refractivity contribution in [2.75, 3.05) is 6.79 Å². The van der Waals surface area contributed by atoms with Crippen LogP contribution < -0.4 is 9.47 Å². The maximum absolute atomic E-state index is 6.05. The third-order valence-electron chi connectivity index (χ3n) is 4.24. The molecule has 2 unspecified atom stereocenters. The number of hydrogen-bond donors (Lipinski definition) is 0. The van der Waals surface area contributed by atoms with Gasteiger partial charge in [-0.25, -0.2) is 0 Å². The van der Waals surface area contributed by atoms with Crippen molar-refractivity contribution in [1.29, 1.82) is 0 Å². The van der Waals surface area contributed by atoms with E-state index in [2.05, 4.69) is 26.5 Å². The van der Waals surface area contributed by atoms with Gasteiger partial charge in [-0.2, -0.15) is 0 Å². The van der Waals surface area contributed by atoms with E-state index in [0.29, 0.717) is 25.2 Å². The minimum Gasteiger partial charge on any atom is -0.493 e. The van der Waals surface area contributed by atoms with E-state index in [1.54, 1.807) is 0 Å². The lowest BCUT2D eigenvalue weighted by Crippen LogP contribution is -2.14. The highest BCUT2D eigenvalue weighted by molar-refractivity contribution is 5.44. The van der Waals surface area contributed by atoms with Crippen LogP contribution in [0, 0.1) is 11.8 Å². The summed E-state index contributed by atoms with van der Waals surface area (Å²) in [6.45, 7) is 9.25. The molecule has 3 nitrogen and oxygen atoms in total. The fraction of sp³-hybridized carbons (Fsp3) is 0.444. The Labute approximate surface area is 126 Å². The van der Waals surface area contributed by atoms with Gasteiger partial charge < -0.3 is 14.2 Å². The Morgan fingerprint density at radius 3 is 2.90 bits per heavy atom. The molecule has 0 spiro atoms. The molecule has 3 heteroatoms. The molecule has 112 valence electrons. The summed E-state index contributed by atoms with van der Waals surface area (Å²) in [7, 11) is 0. The lowest BCUT2D eigenvalue weighted by atomic mass is 9.85. The zero-order chi connectivity index (χ0) is 14.8. The highest BCUT2D eigenvalue weighted by atomic mass is 16.7. The van der Waals surface area contributed by atoms with Crippen molar-refractivity contribution in [2.45, 2.75) is 33.3 Å². The van der Waals surface area contributed by atoms with Crippen LogP contribution in [0.25, 0.3) is 0 Å². The van der Waals surface area contributed by atoms with Crippen molar-refractivity contribution in [3.05, 3.63) is 47.7 Å². The van der Waals surface area contributed by atoms with Crippen molar-refractivity contribution >= 4 is 0 Å². The van der Waals surface area contributed by atoms with Crippen LogP contribution in [0.15, 0.2) is 42.2 Å². The first-order valence-electron chi connectivity index (χ1n) is 7.52. The Morgan fingerprint density at radius 1 is 1.29 bits per heavy atom. The van der Waals surface area contributed by atoms with E-state index in [-0.39, 0.29) is 0 Å². The molecule has 0 amide bonds. The van der Waals surface area contributed by atoms with E-state index in [1.807, 2.05) is 18.2 Å². The second-order valence-corrected chi connectivity index (χ2v) is 5.98. The molecule has 1 aliphatic carbocycles. The first-order valence-corrected chi connectivity index (χ1v) is 7.52. The number of hydrogen-bond acceptors (Lipinski definition) is 3. The van der Waals surface area contributed by atoms with E-state index >= 15 is 0 Å². The Hall–Kier alpha value is -1.90. The number of rotatable bonds is 4. The summed E-state index contributed by atoms with van der Waals surface area (Å²) >= 11 is 0. The summed E-state index contributed by atoms with van der Waals surface area (Å²) in [4.78, 5) is 0. The SMILES string of the molecule is C=C(C)C1C=C(OCc2ccc3c(c2)OCO3)C(C)CC1. The lowest BCUT2D eigenvalue weighted by Gasteiger charge is -2.26. The van der Waals surface area contributed by atoms with Gasteiger partial charge in [-0.1, -0.05) is 25.1 Å². The summed E-state index contributed by atoms with van der Waals surface area (Å²) < 4.78 is 16.8. The van der Waals surface area contributed by atoms with Gasteiger partial charge in [-0.15, -0.1) is 0 Å². The highest BCUT2D eigenvalue weighted by Gasteiger charge is 2.21. The standard InChI is InChI=1S/C18H22O3/c1-12(2)15-6-4-13(3)17(9-15)19-10-14-5-7-16-18(8-14)21-11-20-16/h5,7-9,13,15H,1,4,6,10-11H2,2-3H3. The second-order valence-electron chi connectivity index (χ2n) is 5.98. The molecule has 0 saturated heterocycles. The summed E-state index contributed by atoms with van der Waals surface area (Å²) in [6.07, 6.45) is 4.57. The fourth-order valence-corrected chi connectivity index (χ4v) is 2.79. The van der Waals surface area contributed by atoms with Crippen molar-refractivity contribution < 1.29 is 14.2 Å². The van der Waals surface area contributed by atoms with Crippen LogP contribution in [-0.2, 0) is 11.3 Å². The molecule has 1 aromatic rings. The molecule has 2 aliphatic rings. The van der Waals surface area contributed by atoms with Gasteiger partial charge in [0.15, 0.2) is 11.5 Å². The summed E-state index contributed by atoms with van der Waals surface area (Å²) in [5.74, 6) is 3.64.